The van der Waals surface area contributed by atoms with Gasteiger partial charge in [0.15, 0.2) is 0 Å². The molecule has 0 atom stereocenters. The second kappa shape index (κ2) is 6.24. The van der Waals surface area contributed by atoms with Gasteiger partial charge in [0, 0.05) is 20.6 Å². The van der Waals surface area contributed by atoms with Gasteiger partial charge in [-0.15, -0.1) is 0 Å². The molecule has 1 aromatic rings. The maximum Gasteiger partial charge on any atom is 0.271 e. The minimum atomic E-state index is -0.174. The van der Waals surface area contributed by atoms with Crippen LogP contribution in [0.1, 0.15) is 23.7 Å². The van der Waals surface area contributed by atoms with Crippen molar-refractivity contribution in [2.75, 3.05) is 20.6 Å². The second-order valence-corrected chi connectivity index (χ2v) is 4.69. The van der Waals surface area contributed by atoms with Crippen LogP contribution in [0.3, 0.4) is 0 Å². The number of hydrogen-bond donors (Lipinski definition) is 0. The van der Waals surface area contributed by atoms with Crippen molar-refractivity contribution >= 4 is 29.1 Å². The third-order valence-electron chi connectivity index (χ3n) is 2.33. The van der Waals surface area contributed by atoms with Gasteiger partial charge < -0.3 is 0 Å². The highest BCUT2D eigenvalue weighted by Gasteiger charge is 2.21. The topological polar surface area (TPSA) is 23.6 Å². The molecule has 0 bridgehead atoms. The minimum absolute atomic E-state index is 0.174. The molecule has 1 amide bonds. The lowest BCUT2D eigenvalue weighted by Gasteiger charge is -2.29. The Hall–Kier alpha value is -0.770. The number of carbonyl (C=O) groups excluding carboxylic acids is 1. The zero-order chi connectivity index (χ0) is 13.0. The number of hydrazine groups is 1. The van der Waals surface area contributed by atoms with Crippen molar-refractivity contribution in [1.29, 1.82) is 0 Å². The van der Waals surface area contributed by atoms with Gasteiger partial charge in [-0.25, -0.2) is 5.01 Å². The van der Waals surface area contributed by atoms with Gasteiger partial charge in [0.1, 0.15) is 0 Å². The molecular formula is C12H16Cl2N2O. The third kappa shape index (κ3) is 3.35. The highest BCUT2D eigenvalue weighted by Crippen LogP contribution is 2.25. The quantitative estimate of drug-likeness (QED) is 0.787. The highest BCUT2D eigenvalue weighted by atomic mass is 35.5. The van der Waals surface area contributed by atoms with Crippen LogP contribution < -0.4 is 0 Å². The van der Waals surface area contributed by atoms with Gasteiger partial charge in [0.2, 0.25) is 0 Å². The molecule has 0 saturated heterocycles. The van der Waals surface area contributed by atoms with E-state index in [9.17, 15) is 4.79 Å². The lowest BCUT2D eigenvalue weighted by molar-refractivity contribution is 0.0202. The first-order valence-electron chi connectivity index (χ1n) is 5.42. The lowest BCUT2D eigenvalue weighted by Crippen LogP contribution is -2.42. The van der Waals surface area contributed by atoms with Crippen LogP contribution in [0.5, 0.6) is 0 Å². The second-order valence-electron chi connectivity index (χ2n) is 3.87. The molecule has 0 fully saturated rings. The van der Waals surface area contributed by atoms with E-state index in [-0.39, 0.29) is 5.91 Å². The van der Waals surface area contributed by atoms with E-state index in [1.54, 1.807) is 28.2 Å². The van der Waals surface area contributed by atoms with Gasteiger partial charge in [-0.2, -0.15) is 0 Å². The highest BCUT2D eigenvalue weighted by molar-refractivity contribution is 6.39. The number of rotatable bonds is 4. The largest absolute Gasteiger partial charge is 0.272 e. The summed E-state index contributed by atoms with van der Waals surface area (Å²) in [5, 5.41) is 4.12. The van der Waals surface area contributed by atoms with Crippen LogP contribution >= 0.6 is 23.2 Å². The molecule has 1 rings (SSSR count). The molecule has 0 aliphatic heterocycles. The predicted octanol–water partition coefficient (Wildman–Crippen LogP) is 3.32. The van der Waals surface area contributed by atoms with Crippen LogP contribution in [0.4, 0.5) is 0 Å². The van der Waals surface area contributed by atoms with Crippen molar-refractivity contribution in [3.8, 4) is 0 Å². The molecule has 17 heavy (non-hydrogen) atoms. The number of benzene rings is 1. The Balaban J connectivity index is 3.09. The summed E-state index contributed by atoms with van der Waals surface area (Å²) >= 11 is 12.0. The van der Waals surface area contributed by atoms with E-state index in [2.05, 4.69) is 0 Å². The van der Waals surface area contributed by atoms with E-state index < -0.39 is 0 Å². The third-order valence-corrected chi connectivity index (χ3v) is 2.96. The van der Waals surface area contributed by atoms with Crippen LogP contribution in [0, 0.1) is 0 Å². The average molecular weight is 275 g/mol. The van der Waals surface area contributed by atoms with Crippen molar-refractivity contribution in [2.24, 2.45) is 0 Å². The minimum Gasteiger partial charge on any atom is -0.272 e. The van der Waals surface area contributed by atoms with E-state index in [4.69, 9.17) is 23.2 Å². The Morgan fingerprint density at radius 2 is 1.76 bits per heavy atom. The molecule has 1 aromatic carbocycles. The van der Waals surface area contributed by atoms with Crippen molar-refractivity contribution in [3.63, 3.8) is 0 Å². The molecule has 5 heteroatoms. The fourth-order valence-corrected chi connectivity index (χ4v) is 2.09. The fourth-order valence-electron chi connectivity index (χ4n) is 1.53. The summed E-state index contributed by atoms with van der Waals surface area (Å²) in [6, 6.07) is 5.06. The number of carbonyl (C=O) groups is 1. The first-order valence-corrected chi connectivity index (χ1v) is 6.17. The first kappa shape index (κ1) is 14.3. The van der Waals surface area contributed by atoms with Crippen LogP contribution in [-0.4, -0.2) is 36.6 Å². The van der Waals surface area contributed by atoms with E-state index in [1.807, 2.05) is 21.0 Å². The van der Waals surface area contributed by atoms with E-state index in [1.165, 1.54) is 0 Å². The van der Waals surface area contributed by atoms with E-state index in [0.29, 0.717) is 22.2 Å². The molecule has 3 nitrogen and oxygen atoms in total. The van der Waals surface area contributed by atoms with Gasteiger partial charge in [-0.05, 0) is 18.6 Å². The Morgan fingerprint density at radius 3 is 2.18 bits per heavy atom. The van der Waals surface area contributed by atoms with E-state index >= 15 is 0 Å². The van der Waals surface area contributed by atoms with Crippen LogP contribution in [0.2, 0.25) is 10.0 Å². The van der Waals surface area contributed by atoms with Gasteiger partial charge in [-0.1, -0.05) is 36.2 Å². The summed E-state index contributed by atoms with van der Waals surface area (Å²) in [5.74, 6) is -0.174. The van der Waals surface area contributed by atoms with Crippen LogP contribution in [-0.2, 0) is 0 Å². The molecule has 0 unspecified atom stereocenters. The number of halogens is 2. The Morgan fingerprint density at radius 1 is 1.24 bits per heavy atom. The summed E-state index contributed by atoms with van der Waals surface area (Å²) < 4.78 is 0. The van der Waals surface area contributed by atoms with Crippen molar-refractivity contribution in [3.05, 3.63) is 33.8 Å². The van der Waals surface area contributed by atoms with Gasteiger partial charge in [0.25, 0.3) is 5.91 Å². The summed E-state index contributed by atoms with van der Waals surface area (Å²) in [5.41, 5.74) is 0.359. The van der Waals surface area contributed by atoms with Gasteiger partial charge in [0.05, 0.1) is 15.6 Å². The predicted molar refractivity (Wildman–Crippen MR) is 71.5 cm³/mol. The van der Waals surface area contributed by atoms with Crippen molar-refractivity contribution in [1.82, 2.24) is 10.0 Å². The molecular weight excluding hydrogens is 259 g/mol. The normalized spacial score (nSPS) is 10.7. The summed E-state index contributed by atoms with van der Waals surface area (Å²) in [6.07, 6.45) is 0.867. The monoisotopic (exact) mass is 274 g/mol. The van der Waals surface area contributed by atoms with Crippen LogP contribution in [0.25, 0.3) is 0 Å². The number of hydrogen-bond acceptors (Lipinski definition) is 2. The number of nitrogens with zero attached hydrogens (tertiary/aromatic N) is 2. The number of amides is 1. The fraction of sp³-hybridized carbons (Fsp3) is 0.417. The Bertz CT molecular complexity index is 387. The zero-order valence-electron chi connectivity index (χ0n) is 10.2. The maximum absolute atomic E-state index is 12.3. The molecule has 0 saturated carbocycles. The van der Waals surface area contributed by atoms with E-state index in [0.717, 1.165) is 6.42 Å². The summed E-state index contributed by atoms with van der Waals surface area (Å²) in [4.78, 5) is 12.3. The lowest BCUT2D eigenvalue weighted by atomic mass is 10.2. The molecule has 0 aromatic heterocycles. The molecule has 94 valence electrons. The summed E-state index contributed by atoms with van der Waals surface area (Å²) in [6.45, 7) is 2.64. The first-order chi connectivity index (χ1) is 7.99. The Labute approximate surface area is 112 Å². The smallest absolute Gasteiger partial charge is 0.271 e. The van der Waals surface area contributed by atoms with Crippen LogP contribution in [0.15, 0.2) is 18.2 Å². The van der Waals surface area contributed by atoms with Crippen molar-refractivity contribution in [2.45, 2.75) is 13.3 Å². The standard InChI is InChI=1S/C12H16Cl2N2O/c1-4-8-16(15(2)3)12(17)11-9(13)6-5-7-10(11)14/h5-7H,4,8H2,1-3H3. The molecule has 0 aliphatic carbocycles. The summed E-state index contributed by atoms with van der Waals surface area (Å²) in [7, 11) is 3.64. The van der Waals surface area contributed by atoms with Gasteiger partial charge >= 0.3 is 0 Å². The maximum atomic E-state index is 12.3. The molecule has 0 radical (unpaired) electrons. The van der Waals surface area contributed by atoms with Gasteiger partial charge in [-0.3, -0.25) is 9.80 Å². The molecule has 0 spiro atoms. The SMILES string of the molecule is CCCN(C(=O)c1c(Cl)cccc1Cl)N(C)C. The average Bonchev–Trinajstić information content (AvgIpc) is 2.24. The molecule has 0 N–H and O–H groups in total. The zero-order valence-corrected chi connectivity index (χ0v) is 11.7. The Kier molecular flexibility index (Phi) is 5.25. The molecule has 0 aliphatic rings. The van der Waals surface area contributed by atoms with Crippen molar-refractivity contribution < 1.29 is 4.79 Å². The molecule has 0 heterocycles.